The molecule has 2 heterocycles. The molecule has 1 aliphatic heterocycles. The summed E-state index contributed by atoms with van der Waals surface area (Å²) in [7, 11) is 1.61. The summed E-state index contributed by atoms with van der Waals surface area (Å²) in [5, 5.41) is 4.52. The number of rotatable bonds is 7. The fourth-order valence-corrected chi connectivity index (χ4v) is 3.29. The lowest BCUT2D eigenvalue weighted by Gasteiger charge is -2.20. The van der Waals surface area contributed by atoms with Crippen molar-refractivity contribution in [1.82, 2.24) is 14.7 Å². The monoisotopic (exact) mass is 394 g/mol. The Hall–Kier alpha value is -2.09. The van der Waals surface area contributed by atoms with E-state index in [1.165, 1.54) is 0 Å². The van der Waals surface area contributed by atoms with Gasteiger partial charge >= 0.3 is 0 Å². The molecule has 8 heteroatoms. The summed E-state index contributed by atoms with van der Waals surface area (Å²) in [6.45, 7) is 4.10. The quantitative estimate of drug-likeness (QED) is 0.727. The van der Waals surface area contributed by atoms with Gasteiger partial charge in [-0.25, -0.2) is 4.68 Å². The number of aromatic nitrogens is 2. The average Bonchev–Trinajstić information content (AvgIpc) is 3.26. The molecule has 0 spiro atoms. The molecule has 0 radical (unpaired) electrons. The van der Waals surface area contributed by atoms with Crippen LogP contribution in [0.3, 0.4) is 0 Å². The third-order valence-electron chi connectivity index (χ3n) is 4.70. The van der Waals surface area contributed by atoms with Crippen molar-refractivity contribution in [1.29, 1.82) is 0 Å². The minimum absolute atomic E-state index is 0. The van der Waals surface area contributed by atoms with E-state index >= 15 is 0 Å². The molecule has 7 nitrogen and oxygen atoms in total. The van der Waals surface area contributed by atoms with E-state index in [1.54, 1.807) is 18.0 Å². The van der Waals surface area contributed by atoms with Crippen LogP contribution in [0.25, 0.3) is 5.69 Å². The number of amides is 1. The van der Waals surface area contributed by atoms with Gasteiger partial charge in [0.1, 0.15) is 6.61 Å². The Morgan fingerprint density at radius 2 is 2.04 bits per heavy atom. The van der Waals surface area contributed by atoms with Crippen LogP contribution in [-0.4, -0.2) is 60.0 Å². The summed E-state index contributed by atoms with van der Waals surface area (Å²) in [4.78, 5) is 15.0. The molecule has 2 N–H and O–H groups in total. The number of likely N-dealkylation sites (tertiary alicyclic amines) is 1. The fourth-order valence-electron chi connectivity index (χ4n) is 3.29. The van der Waals surface area contributed by atoms with E-state index in [0.29, 0.717) is 43.7 Å². The van der Waals surface area contributed by atoms with Crippen LogP contribution < -0.4 is 10.5 Å². The molecular weight excluding hydrogens is 368 g/mol. The van der Waals surface area contributed by atoms with Crippen molar-refractivity contribution in [2.24, 2.45) is 11.7 Å². The Kier molecular flexibility index (Phi) is 7.65. The van der Waals surface area contributed by atoms with Crippen LogP contribution in [0, 0.1) is 5.92 Å². The van der Waals surface area contributed by atoms with Gasteiger partial charge < -0.3 is 20.1 Å². The molecule has 2 unspecified atom stereocenters. The molecule has 1 aromatic heterocycles. The highest BCUT2D eigenvalue weighted by atomic mass is 35.5. The lowest BCUT2D eigenvalue weighted by atomic mass is 10.1. The molecule has 27 heavy (non-hydrogen) atoms. The highest BCUT2D eigenvalue weighted by Crippen LogP contribution is 2.27. The van der Waals surface area contributed by atoms with E-state index < -0.39 is 0 Å². The standard InChI is InChI=1S/C19H26N4O3.ClH/c1-14-10-15(11-20)12-22(14)19(24)18-17(26-9-8-25-2)13-23(21-18)16-6-4-3-5-7-16;/h3-7,13-15H,8-12,20H2,1-2H3;1H. The molecule has 0 aliphatic carbocycles. The third kappa shape index (κ3) is 4.80. The maximum Gasteiger partial charge on any atom is 0.278 e. The van der Waals surface area contributed by atoms with Gasteiger partial charge in [0.2, 0.25) is 0 Å². The summed E-state index contributed by atoms with van der Waals surface area (Å²) in [5.41, 5.74) is 6.99. The molecule has 1 aromatic carbocycles. The minimum atomic E-state index is -0.115. The van der Waals surface area contributed by atoms with Gasteiger partial charge in [0.25, 0.3) is 5.91 Å². The van der Waals surface area contributed by atoms with Gasteiger partial charge in [0.05, 0.1) is 18.5 Å². The first-order valence-corrected chi connectivity index (χ1v) is 8.92. The van der Waals surface area contributed by atoms with Crippen molar-refractivity contribution < 1.29 is 14.3 Å². The maximum absolute atomic E-state index is 13.1. The summed E-state index contributed by atoms with van der Waals surface area (Å²) in [6, 6.07) is 9.81. The Morgan fingerprint density at radius 3 is 2.67 bits per heavy atom. The number of carbonyl (C=O) groups excluding carboxylic acids is 1. The molecule has 2 atom stereocenters. The van der Waals surface area contributed by atoms with Gasteiger partial charge in [0, 0.05) is 19.7 Å². The van der Waals surface area contributed by atoms with Crippen LogP contribution in [-0.2, 0) is 4.74 Å². The van der Waals surface area contributed by atoms with Crippen molar-refractivity contribution in [3.05, 3.63) is 42.2 Å². The SMILES string of the molecule is COCCOc1cn(-c2ccccc2)nc1C(=O)N1CC(CN)CC1C.Cl. The van der Waals surface area contributed by atoms with Crippen LogP contribution in [0.4, 0.5) is 0 Å². The Labute approximate surface area is 165 Å². The molecule has 2 aromatic rings. The van der Waals surface area contributed by atoms with Gasteiger partial charge in [-0.2, -0.15) is 5.10 Å². The van der Waals surface area contributed by atoms with Gasteiger partial charge in [-0.1, -0.05) is 18.2 Å². The number of methoxy groups -OCH3 is 1. The van der Waals surface area contributed by atoms with Crippen molar-refractivity contribution in [2.45, 2.75) is 19.4 Å². The van der Waals surface area contributed by atoms with Crippen molar-refractivity contribution in [2.75, 3.05) is 33.4 Å². The van der Waals surface area contributed by atoms with Gasteiger partial charge in [-0.05, 0) is 37.9 Å². The molecule has 1 aliphatic rings. The molecule has 1 fully saturated rings. The number of para-hydroxylation sites is 1. The predicted molar refractivity (Wildman–Crippen MR) is 106 cm³/mol. The second-order valence-corrected chi connectivity index (χ2v) is 6.61. The first-order valence-electron chi connectivity index (χ1n) is 8.92. The number of nitrogens with zero attached hydrogens (tertiary/aromatic N) is 3. The third-order valence-corrected chi connectivity index (χ3v) is 4.70. The number of nitrogens with two attached hydrogens (primary N) is 1. The molecule has 148 valence electrons. The second kappa shape index (κ2) is 9.73. The number of benzene rings is 1. The number of halogens is 1. The lowest BCUT2D eigenvalue weighted by Crippen LogP contribution is -2.35. The largest absolute Gasteiger partial charge is 0.487 e. The van der Waals surface area contributed by atoms with Crippen LogP contribution in [0.2, 0.25) is 0 Å². The predicted octanol–water partition coefficient (Wildman–Crippen LogP) is 2.13. The fraction of sp³-hybridized carbons (Fsp3) is 0.474. The number of hydrogen-bond donors (Lipinski definition) is 1. The lowest BCUT2D eigenvalue weighted by molar-refractivity contribution is 0.0730. The smallest absolute Gasteiger partial charge is 0.278 e. The van der Waals surface area contributed by atoms with Crippen LogP contribution in [0.15, 0.2) is 36.5 Å². The Bertz CT molecular complexity index is 738. The number of carbonyl (C=O) groups is 1. The first kappa shape index (κ1) is 21.2. The van der Waals surface area contributed by atoms with Crippen molar-refractivity contribution >= 4 is 18.3 Å². The average molecular weight is 395 g/mol. The van der Waals surface area contributed by atoms with Crippen LogP contribution in [0.5, 0.6) is 5.75 Å². The van der Waals surface area contributed by atoms with Gasteiger partial charge in [-0.3, -0.25) is 4.79 Å². The Balaban J connectivity index is 0.00000261. The summed E-state index contributed by atoms with van der Waals surface area (Å²) >= 11 is 0. The van der Waals surface area contributed by atoms with Crippen LogP contribution >= 0.6 is 12.4 Å². The topological polar surface area (TPSA) is 82.6 Å². The highest BCUT2D eigenvalue weighted by Gasteiger charge is 2.34. The second-order valence-electron chi connectivity index (χ2n) is 6.61. The van der Waals surface area contributed by atoms with E-state index in [9.17, 15) is 4.79 Å². The maximum atomic E-state index is 13.1. The molecule has 0 bridgehead atoms. The van der Waals surface area contributed by atoms with Crippen LogP contribution in [0.1, 0.15) is 23.8 Å². The highest BCUT2D eigenvalue weighted by molar-refractivity contribution is 5.95. The summed E-state index contributed by atoms with van der Waals surface area (Å²) < 4.78 is 12.5. The molecule has 3 rings (SSSR count). The number of ether oxygens (including phenoxy) is 2. The van der Waals surface area contributed by atoms with E-state index in [2.05, 4.69) is 5.10 Å². The van der Waals surface area contributed by atoms with E-state index in [4.69, 9.17) is 15.2 Å². The van der Waals surface area contributed by atoms with Gasteiger partial charge in [-0.15, -0.1) is 12.4 Å². The van der Waals surface area contributed by atoms with E-state index in [1.807, 2.05) is 42.2 Å². The minimum Gasteiger partial charge on any atom is -0.487 e. The normalized spacial score (nSPS) is 19.0. The van der Waals surface area contributed by atoms with Gasteiger partial charge in [0.15, 0.2) is 11.4 Å². The van der Waals surface area contributed by atoms with E-state index in [0.717, 1.165) is 12.1 Å². The van der Waals surface area contributed by atoms with Crippen molar-refractivity contribution in [3.8, 4) is 11.4 Å². The molecule has 1 saturated heterocycles. The zero-order valence-electron chi connectivity index (χ0n) is 15.7. The van der Waals surface area contributed by atoms with Crippen molar-refractivity contribution in [3.63, 3.8) is 0 Å². The molecular formula is C19H27ClN4O3. The molecule has 1 amide bonds. The number of hydrogen-bond acceptors (Lipinski definition) is 5. The summed E-state index contributed by atoms with van der Waals surface area (Å²) in [6.07, 6.45) is 2.67. The first-order chi connectivity index (χ1) is 12.6. The Morgan fingerprint density at radius 1 is 1.30 bits per heavy atom. The summed E-state index contributed by atoms with van der Waals surface area (Å²) in [5.74, 6) is 0.692. The zero-order chi connectivity index (χ0) is 18.5. The van der Waals surface area contributed by atoms with E-state index in [-0.39, 0.29) is 24.4 Å². The zero-order valence-corrected chi connectivity index (χ0v) is 16.5. The molecule has 0 saturated carbocycles.